The summed E-state index contributed by atoms with van der Waals surface area (Å²) < 4.78 is 11.2. The van der Waals surface area contributed by atoms with Gasteiger partial charge in [0.05, 0.1) is 22.2 Å². The molecule has 3 fully saturated rings. The lowest BCUT2D eigenvalue weighted by molar-refractivity contribution is 0.0381. The molecule has 135 heavy (non-hydrogen) atoms. The first kappa shape index (κ1) is 98.3. The van der Waals surface area contributed by atoms with Crippen LogP contribution >= 0.6 is 0 Å². The van der Waals surface area contributed by atoms with Gasteiger partial charge in [-0.2, -0.15) is 0 Å². The smallest absolute Gasteiger partial charge is 0.163 e. The largest absolute Gasteiger partial charge is 0.507 e. The molecule has 0 spiro atoms. The number of Topliss-reactive ketones (excluding diaryl/α,β-unsaturated/α-hetero) is 10. The second-order valence-electron chi connectivity index (χ2n) is 37.3. The Balaban J connectivity index is 0.000000135. The molecule has 0 aliphatic heterocycles. The molecular weight excluding hydrogens is 1690 g/mol. The third-order valence-corrected chi connectivity index (χ3v) is 28.0. The molecule has 704 valence electrons. The van der Waals surface area contributed by atoms with E-state index in [4.69, 9.17) is 0 Å². The standard InChI is InChI=1S/C26H30N2O2.C22H24N2O2.2C22H26N2O2.C21H24N2O4/c1-17(29)19-9-11-25-23(15-19)24-16-20(18(2)30)10-12-26(24)28(25)14-13-27(21-5-3-6-21)22-7-4-8-22;1-14(25)16-6-8-21-19(12-16)20-13-17(15(2)26)7-9-22(20)24(21)11-10-23-18-4-3-5-18;1-5-14(2)23-10-11-24-21-8-6-17(15(3)25)12-19(21)20-13-18(16(4)26)7-9-22(20)24;1-5-23(6-2)11-12-24-21-9-7-17(15(3)25)13-19(21)20-14-18(16(4)26)8-10-22(20)24;1-11(2)22-5-6-23-18-9-20(26)14(12(3)24)7-16(18)17-8-15(13(4)25)21(27)10-19(17)23/h9-12,15-16,21-22H,3-8,13-14H2,1-2H3;6-9,12-13,18,23H,3-5,10-11H2,1-2H3;6-9,12-14,23H,5,10-11H2,1-4H3;7-10,13-14H,5-6,11-12H2,1-4H3;7-11,22,26-27H,5-6H2,1-4H3. The number of nitrogens with zero attached hydrogens (tertiary/aromatic N) is 7. The minimum absolute atomic E-state index is 0.0500. The minimum atomic E-state index is -0.234. The molecule has 5 heterocycles. The van der Waals surface area contributed by atoms with Crippen molar-refractivity contribution in [1.29, 1.82) is 0 Å². The van der Waals surface area contributed by atoms with Crippen LogP contribution in [-0.2, 0) is 32.7 Å². The number of benzene rings is 10. The van der Waals surface area contributed by atoms with Crippen LogP contribution in [0.5, 0.6) is 11.5 Å². The minimum Gasteiger partial charge on any atom is -0.507 e. The highest BCUT2D eigenvalue weighted by molar-refractivity contribution is 6.19. The van der Waals surface area contributed by atoms with E-state index in [-0.39, 0.29) is 80.5 Å². The summed E-state index contributed by atoms with van der Waals surface area (Å²) in [5.74, 6) is -0.156. The molecule has 22 heteroatoms. The van der Waals surface area contributed by atoms with Crippen LogP contribution in [-0.4, -0.2) is 177 Å². The molecule has 10 aromatic carbocycles. The lowest BCUT2D eigenvalue weighted by Crippen LogP contribution is -2.50. The molecule has 5 aromatic heterocycles. The highest BCUT2D eigenvalue weighted by Gasteiger charge is 2.34. The summed E-state index contributed by atoms with van der Waals surface area (Å²) in [5, 5.41) is 40.9. The van der Waals surface area contributed by atoms with Crippen LogP contribution in [0.1, 0.15) is 279 Å². The Labute approximate surface area is 789 Å². The number of carbonyl (C=O) groups is 10. The fraction of sp³-hybridized carbons (Fsp3) is 0.381. The van der Waals surface area contributed by atoms with Gasteiger partial charge in [0.25, 0.3) is 0 Å². The molecule has 3 aliphatic rings. The molecule has 3 saturated carbocycles. The molecular formula is C113H130N10O12. The average molecular weight is 1820 g/mol. The number of carbonyl (C=O) groups excluding carboxylic acids is 10. The van der Waals surface area contributed by atoms with Crippen LogP contribution in [0.3, 0.4) is 0 Å². The maximum atomic E-state index is 12.0. The SMILES string of the molecule is CC(=O)c1cc2c3cc(C(C)=O)c(O)cc3n(CCNC(C)C)c2cc1O.CC(=O)c1ccc2c(c1)c1cc(C(C)=O)ccc1n2CCN(C1CCC1)C1CCC1.CC(=O)c1ccc2c(c1)c1cc(C(C)=O)ccc1n2CCNC1CCC1.CCC(C)NCCn1c2ccc(C(C)=O)cc2c2cc(C(C)=O)ccc21.CCN(CC)CCn1c2ccc(C(C)=O)cc2c2cc(C(C)=O)ccc21. The predicted octanol–water partition coefficient (Wildman–Crippen LogP) is 22.7. The number of ketones is 10. The number of phenols is 2. The van der Waals surface area contributed by atoms with Gasteiger partial charge in [-0.3, -0.25) is 52.8 Å². The molecule has 3 aliphatic carbocycles. The first-order chi connectivity index (χ1) is 64.6. The molecule has 1 atom stereocenters. The molecule has 1 unspecified atom stereocenters. The van der Waals surface area contributed by atoms with Crippen molar-refractivity contribution in [1.82, 2.24) is 48.6 Å². The van der Waals surface area contributed by atoms with Gasteiger partial charge in [0.1, 0.15) is 11.5 Å². The number of likely N-dealkylation sites (N-methyl/N-ethyl adjacent to an activating group) is 1. The van der Waals surface area contributed by atoms with Crippen molar-refractivity contribution in [2.24, 2.45) is 0 Å². The van der Waals surface area contributed by atoms with E-state index in [0.717, 1.165) is 204 Å². The van der Waals surface area contributed by atoms with Gasteiger partial charge in [-0.05, 0) is 292 Å². The number of hydrogen-bond donors (Lipinski definition) is 5. The topological polar surface area (TPSA) is 278 Å². The van der Waals surface area contributed by atoms with E-state index in [1.54, 1.807) is 79.7 Å². The van der Waals surface area contributed by atoms with Crippen LogP contribution in [0.2, 0.25) is 0 Å². The van der Waals surface area contributed by atoms with Gasteiger partial charge in [0.2, 0.25) is 0 Å². The van der Waals surface area contributed by atoms with Crippen molar-refractivity contribution in [3.63, 3.8) is 0 Å². The molecule has 0 amide bonds. The van der Waals surface area contributed by atoms with Crippen molar-refractivity contribution in [2.75, 3.05) is 45.8 Å². The second-order valence-corrected chi connectivity index (χ2v) is 37.3. The van der Waals surface area contributed by atoms with Gasteiger partial charge in [0, 0.05) is 250 Å². The Morgan fingerprint density at radius 2 is 0.563 bits per heavy atom. The van der Waals surface area contributed by atoms with Gasteiger partial charge in [-0.25, -0.2) is 0 Å². The Hall–Kier alpha value is -12.7. The molecule has 18 rings (SSSR count). The number of fused-ring (bicyclic) bond motifs is 15. The lowest BCUT2D eigenvalue weighted by Gasteiger charge is -2.46. The molecule has 22 nitrogen and oxygen atoms in total. The van der Waals surface area contributed by atoms with Crippen LogP contribution in [0.15, 0.2) is 170 Å². The Morgan fingerprint density at radius 3 is 0.800 bits per heavy atom. The number of aromatic nitrogens is 5. The summed E-state index contributed by atoms with van der Waals surface area (Å²) in [6, 6.07) is 56.7. The molecule has 0 saturated heterocycles. The fourth-order valence-corrected chi connectivity index (χ4v) is 19.2. The fourth-order valence-electron chi connectivity index (χ4n) is 19.2. The monoisotopic (exact) mass is 1820 g/mol. The molecule has 5 N–H and O–H groups in total. The summed E-state index contributed by atoms with van der Waals surface area (Å²) in [6.45, 7) is 39.0. The molecule has 0 radical (unpaired) electrons. The van der Waals surface area contributed by atoms with E-state index in [0.29, 0.717) is 64.6 Å². The third-order valence-electron chi connectivity index (χ3n) is 28.0. The summed E-state index contributed by atoms with van der Waals surface area (Å²) in [7, 11) is 0. The van der Waals surface area contributed by atoms with E-state index in [1.165, 1.54) is 71.6 Å². The molecule has 15 aromatic rings. The van der Waals surface area contributed by atoms with Crippen molar-refractivity contribution in [2.45, 2.75) is 238 Å². The van der Waals surface area contributed by atoms with Crippen LogP contribution in [0.4, 0.5) is 0 Å². The van der Waals surface area contributed by atoms with Crippen molar-refractivity contribution in [3.8, 4) is 11.5 Å². The zero-order valence-corrected chi connectivity index (χ0v) is 81.2. The highest BCUT2D eigenvalue weighted by atomic mass is 16.3. The summed E-state index contributed by atoms with van der Waals surface area (Å²) in [5.41, 5.74) is 16.6. The summed E-state index contributed by atoms with van der Waals surface area (Å²) in [4.78, 5) is 124. The van der Waals surface area contributed by atoms with Crippen LogP contribution in [0, 0.1) is 0 Å². The summed E-state index contributed by atoms with van der Waals surface area (Å²) >= 11 is 0. The lowest BCUT2D eigenvalue weighted by atomic mass is 9.84. The van der Waals surface area contributed by atoms with Crippen molar-refractivity contribution < 1.29 is 58.2 Å². The van der Waals surface area contributed by atoms with Crippen LogP contribution < -0.4 is 16.0 Å². The summed E-state index contributed by atoms with van der Waals surface area (Å²) in [6.07, 6.45) is 13.1. The van der Waals surface area contributed by atoms with Gasteiger partial charge < -0.3 is 53.9 Å². The predicted molar refractivity (Wildman–Crippen MR) is 547 cm³/mol. The quantitative estimate of drug-likeness (QED) is 0.0239. The highest BCUT2D eigenvalue weighted by Crippen LogP contribution is 2.41. The molecule has 0 bridgehead atoms. The maximum absolute atomic E-state index is 12.0. The Bertz CT molecular complexity index is 6600. The van der Waals surface area contributed by atoms with E-state index in [1.807, 2.05) is 138 Å². The van der Waals surface area contributed by atoms with Crippen molar-refractivity contribution >= 4 is 167 Å². The van der Waals surface area contributed by atoms with E-state index < -0.39 is 0 Å². The average Bonchev–Trinajstić information content (AvgIpc) is 1.43. The number of hydrogen-bond acceptors (Lipinski definition) is 17. The second kappa shape index (κ2) is 42.9. The van der Waals surface area contributed by atoms with Crippen molar-refractivity contribution in [3.05, 3.63) is 225 Å². The third kappa shape index (κ3) is 21.5. The first-order valence-electron chi connectivity index (χ1n) is 48.2. The van der Waals surface area contributed by atoms with E-state index in [9.17, 15) is 58.2 Å². The normalized spacial score (nSPS) is 13.7. The Morgan fingerprint density at radius 1 is 0.311 bits per heavy atom. The van der Waals surface area contributed by atoms with E-state index in [2.05, 4.69) is 97.7 Å². The van der Waals surface area contributed by atoms with Crippen LogP contribution in [0.25, 0.3) is 109 Å². The number of aromatic hydroxyl groups is 2. The van der Waals surface area contributed by atoms with Gasteiger partial charge in [-0.15, -0.1) is 0 Å². The van der Waals surface area contributed by atoms with Gasteiger partial charge in [0.15, 0.2) is 57.8 Å². The van der Waals surface area contributed by atoms with Gasteiger partial charge in [-0.1, -0.05) is 53.9 Å². The zero-order valence-electron chi connectivity index (χ0n) is 81.2. The van der Waals surface area contributed by atoms with Gasteiger partial charge >= 0.3 is 0 Å². The number of rotatable bonds is 33. The maximum Gasteiger partial charge on any atom is 0.163 e. The first-order valence-corrected chi connectivity index (χ1v) is 48.2. The zero-order chi connectivity index (χ0) is 96.7. The van der Waals surface area contributed by atoms with E-state index >= 15 is 0 Å². The number of nitrogens with one attached hydrogen (secondary N) is 3. The Kier molecular flexibility index (Phi) is 31.2. The number of phenolic OH excluding ortho intramolecular Hbond substituents is 2.